The molecule has 2 aromatic rings. The van der Waals surface area contributed by atoms with Crippen LogP contribution in [0.2, 0.25) is 0 Å². The third-order valence-electron chi connectivity index (χ3n) is 2.97. The average molecular weight is 209 g/mol. The zero-order chi connectivity index (χ0) is 11.1. The van der Waals surface area contributed by atoms with Gasteiger partial charge in [-0.2, -0.15) is 0 Å². The molecule has 0 aromatic heterocycles. The summed E-state index contributed by atoms with van der Waals surface area (Å²) in [5, 5.41) is 19.6. The van der Waals surface area contributed by atoms with Crippen molar-refractivity contribution >= 4 is 18.2 Å². The van der Waals surface area contributed by atoms with Gasteiger partial charge in [0.15, 0.2) is 7.28 Å². The van der Waals surface area contributed by atoms with Crippen molar-refractivity contribution in [1.29, 1.82) is 0 Å². The molecule has 1 atom stereocenters. The van der Waals surface area contributed by atoms with Crippen LogP contribution in [0.3, 0.4) is 0 Å². The number of phenols is 1. The molecule has 0 saturated carbocycles. The van der Waals surface area contributed by atoms with E-state index >= 15 is 0 Å². The smallest absolute Gasteiger partial charge is 0.192 e. The van der Waals surface area contributed by atoms with Gasteiger partial charge in [-0.05, 0) is 23.3 Å². The van der Waals surface area contributed by atoms with E-state index in [1.807, 2.05) is 37.6 Å². The predicted octanol–water partition coefficient (Wildman–Crippen LogP) is 0.442. The highest BCUT2D eigenvalue weighted by Crippen LogP contribution is 2.24. The van der Waals surface area contributed by atoms with Gasteiger partial charge >= 0.3 is 0 Å². The second kappa shape index (κ2) is 3.39. The quantitative estimate of drug-likeness (QED) is 0.618. The Labute approximate surface area is 94.4 Å². The minimum Gasteiger partial charge on any atom is -0.508 e. The maximum Gasteiger partial charge on any atom is 0.192 e. The van der Waals surface area contributed by atoms with E-state index in [-0.39, 0.29) is 5.75 Å². The molecule has 77 valence electrons. The van der Waals surface area contributed by atoms with E-state index in [1.54, 1.807) is 12.1 Å². The van der Waals surface area contributed by atoms with Crippen LogP contribution in [0.1, 0.15) is 17.2 Å². The summed E-state index contributed by atoms with van der Waals surface area (Å²) in [6.07, 6.45) is -0.650. The van der Waals surface area contributed by atoms with Crippen LogP contribution in [0.25, 0.3) is 0 Å². The van der Waals surface area contributed by atoms with E-state index in [0.29, 0.717) is 0 Å². The van der Waals surface area contributed by atoms with Crippen LogP contribution in [-0.4, -0.2) is 17.5 Å². The molecule has 2 nitrogen and oxygen atoms in total. The number of phenolic OH excluding ortho intramolecular Hbond substituents is 1. The maximum absolute atomic E-state index is 10.2. The van der Waals surface area contributed by atoms with Crippen molar-refractivity contribution in [3.63, 3.8) is 0 Å². The van der Waals surface area contributed by atoms with Crippen molar-refractivity contribution < 1.29 is 10.2 Å². The minimum atomic E-state index is -0.650. The normalized spacial score (nSPS) is 17.2. The zero-order valence-corrected chi connectivity index (χ0v) is 8.59. The first-order valence-electron chi connectivity index (χ1n) is 5.20. The summed E-state index contributed by atoms with van der Waals surface area (Å²) in [6.45, 7) is 0. The first kappa shape index (κ1) is 9.49. The van der Waals surface area contributed by atoms with Crippen LogP contribution in [0, 0.1) is 0 Å². The molecular weight excluding hydrogens is 199 g/mol. The number of aromatic hydroxyl groups is 1. The lowest BCUT2D eigenvalue weighted by Gasteiger charge is -2.24. The molecule has 1 aliphatic heterocycles. The molecule has 2 N–H and O–H groups in total. The summed E-state index contributed by atoms with van der Waals surface area (Å²) in [7, 11) is 2.02. The monoisotopic (exact) mass is 209 g/mol. The molecule has 3 heteroatoms. The van der Waals surface area contributed by atoms with Crippen molar-refractivity contribution in [2.24, 2.45) is 0 Å². The molecule has 3 rings (SSSR count). The van der Waals surface area contributed by atoms with Gasteiger partial charge in [-0.15, -0.1) is 0 Å². The second-order valence-corrected chi connectivity index (χ2v) is 3.99. The topological polar surface area (TPSA) is 40.5 Å². The third-order valence-corrected chi connectivity index (χ3v) is 2.97. The molecule has 1 heterocycles. The Morgan fingerprint density at radius 1 is 0.938 bits per heavy atom. The highest BCUT2D eigenvalue weighted by atomic mass is 16.3. The van der Waals surface area contributed by atoms with Crippen molar-refractivity contribution in [2.75, 3.05) is 0 Å². The van der Waals surface area contributed by atoms with Crippen molar-refractivity contribution in [1.82, 2.24) is 0 Å². The predicted molar refractivity (Wildman–Crippen MR) is 63.6 cm³/mol. The van der Waals surface area contributed by atoms with E-state index in [0.717, 1.165) is 22.1 Å². The standard InChI is InChI=1S/C13H10BO2/c15-8-5-6-12-10(7-8)13(16)9-3-1-2-4-11(9)14-12/h1-7,13,15-16H. The Hall–Kier alpha value is -1.74. The molecule has 1 aliphatic rings. The average Bonchev–Trinajstić information content (AvgIpc) is 2.31. The van der Waals surface area contributed by atoms with Crippen LogP contribution in [0.15, 0.2) is 42.5 Å². The Morgan fingerprint density at radius 2 is 1.69 bits per heavy atom. The Kier molecular flexibility index (Phi) is 2.01. The van der Waals surface area contributed by atoms with Crippen molar-refractivity contribution in [2.45, 2.75) is 6.10 Å². The second-order valence-electron chi connectivity index (χ2n) is 3.99. The van der Waals surface area contributed by atoms with E-state index < -0.39 is 6.10 Å². The van der Waals surface area contributed by atoms with Crippen LogP contribution in [-0.2, 0) is 0 Å². The molecule has 16 heavy (non-hydrogen) atoms. The fourth-order valence-corrected chi connectivity index (χ4v) is 2.16. The van der Waals surface area contributed by atoms with Gasteiger partial charge in [-0.1, -0.05) is 41.3 Å². The van der Waals surface area contributed by atoms with Gasteiger partial charge in [0.25, 0.3) is 0 Å². The number of aliphatic hydroxyl groups is 1. The fourth-order valence-electron chi connectivity index (χ4n) is 2.16. The highest BCUT2D eigenvalue weighted by Gasteiger charge is 2.23. The molecular formula is C13H10BO2. The first-order valence-corrected chi connectivity index (χ1v) is 5.20. The summed E-state index contributed by atoms with van der Waals surface area (Å²) >= 11 is 0. The summed E-state index contributed by atoms with van der Waals surface area (Å²) in [5.74, 6) is 0.186. The van der Waals surface area contributed by atoms with Gasteiger partial charge in [0.05, 0.1) is 0 Å². The van der Waals surface area contributed by atoms with Gasteiger partial charge in [-0.3, -0.25) is 0 Å². The number of rotatable bonds is 0. The zero-order valence-electron chi connectivity index (χ0n) is 8.59. The van der Waals surface area contributed by atoms with Gasteiger partial charge in [0.1, 0.15) is 11.9 Å². The number of hydrogen-bond donors (Lipinski definition) is 2. The van der Waals surface area contributed by atoms with E-state index in [2.05, 4.69) is 0 Å². The Bertz CT molecular complexity index is 551. The van der Waals surface area contributed by atoms with Crippen molar-refractivity contribution in [3.8, 4) is 5.75 Å². The molecule has 1 radical (unpaired) electrons. The van der Waals surface area contributed by atoms with Gasteiger partial charge in [0, 0.05) is 0 Å². The maximum atomic E-state index is 10.2. The summed E-state index contributed by atoms with van der Waals surface area (Å²) in [4.78, 5) is 0. The number of fused-ring (bicyclic) bond motifs is 2. The lowest BCUT2D eigenvalue weighted by molar-refractivity contribution is 0.221. The fraction of sp³-hybridized carbons (Fsp3) is 0.0769. The molecule has 0 saturated heterocycles. The van der Waals surface area contributed by atoms with Crippen molar-refractivity contribution in [3.05, 3.63) is 53.6 Å². The van der Waals surface area contributed by atoms with Crippen LogP contribution in [0.4, 0.5) is 0 Å². The third kappa shape index (κ3) is 1.33. The highest BCUT2D eigenvalue weighted by molar-refractivity contribution is 6.69. The lowest BCUT2D eigenvalue weighted by Crippen LogP contribution is -2.39. The van der Waals surface area contributed by atoms with Gasteiger partial charge in [-0.25, -0.2) is 0 Å². The molecule has 0 amide bonds. The lowest BCUT2D eigenvalue weighted by atomic mass is 9.56. The first-order chi connectivity index (χ1) is 7.75. The van der Waals surface area contributed by atoms with Gasteiger partial charge < -0.3 is 10.2 Å². The molecule has 2 aromatic carbocycles. The van der Waals surface area contributed by atoms with Gasteiger partial charge in [0.2, 0.25) is 0 Å². The summed E-state index contributed by atoms with van der Waals surface area (Å²) < 4.78 is 0. The van der Waals surface area contributed by atoms with Crippen LogP contribution < -0.4 is 10.9 Å². The largest absolute Gasteiger partial charge is 0.508 e. The SMILES string of the molecule is Oc1ccc2c(c1)C(O)c1ccccc1[B]2. The number of aliphatic hydroxyl groups excluding tert-OH is 1. The van der Waals surface area contributed by atoms with E-state index in [4.69, 9.17) is 0 Å². The molecule has 1 unspecified atom stereocenters. The van der Waals surface area contributed by atoms with Crippen LogP contribution in [0.5, 0.6) is 5.75 Å². The van der Waals surface area contributed by atoms with Crippen LogP contribution >= 0.6 is 0 Å². The Morgan fingerprint density at radius 3 is 2.56 bits per heavy atom. The molecule has 0 bridgehead atoms. The van der Waals surface area contributed by atoms with E-state index in [1.165, 1.54) is 0 Å². The summed E-state index contributed by atoms with van der Waals surface area (Å²) in [6, 6.07) is 12.8. The van der Waals surface area contributed by atoms with E-state index in [9.17, 15) is 10.2 Å². The molecule has 0 aliphatic carbocycles. The molecule has 0 fully saturated rings. The Balaban J connectivity index is 2.19. The number of benzene rings is 2. The minimum absolute atomic E-state index is 0.186. The summed E-state index contributed by atoms with van der Waals surface area (Å²) in [5.41, 5.74) is 3.65. The molecule has 0 spiro atoms. The number of hydrogen-bond acceptors (Lipinski definition) is 2.